The number of nitrogens with zero attached hydrogens (tertiary/aromatic N) is 1. The summed E-state index contributed by atoms with van der Waals surface area (Å²) in [6.07, 6.45) is 0.790. The summed E-state index contributed by atoms with van der Waals surface area (Å²) in [5.41, 5.74) is 0.690. The molecule has 28 heavy (non-hydrogen) atoms. The predicted octanol–water partition coefficient (Wildman–Crippen LogP) is 3.46. The number of non-ortho nitro benzene ring substituents is 1. The lowest BCUT2D eigenvalue weighted by molar-refractivity contribution is -0.384. The fourth-order valence-electron chi connectivity index (χ4n) is 2.92. The van der Waals surface area contributed by atoms with E-state index in [9.17, 15) is 19.7 Å². The van der Waals surface area contributed by atoms with Crippen LogP contribution >= 0.6 is 0 Å². The van der Waals surface area contributed by atoms with Crippen molar-refractivity contribution in [2.75, 3.05) is 0 Å². The Labute approximate surface area is 163 Å². The number of amides is 1. The first kappa shape index (κ1) is 21.1. The van der Waals surface area contributed by atoms with Crippen molar-refractivity contribution in [2.24, 2.45) is 0 Å². The summed E-state index contributed by atoms with van der Waals surface area (Å²) in [6.45, 7) is 3.47. The molecule has 0 heterocycles. The number of hydrogen-bond acceptors (Lipinski definition) is 4. The number of carboxylic acid groups (broad SMARTS) is 1. The van der Waals surface area contributed by atoms with E-state index >= 15 is 0 Å². The summed E-state index contributed by atoms with van der Waals surface area (Å²) >= 11 is 0. The van der Waals surface area contributed by atoms with E-state index in [1.54, 1.807) is 26.0 Å². The topological polar surface area (TPSA) is 110 Å². The van der Waals surface area contributed by atoms with E-state index in [1.807, 2.05) is 30.3 Å². The monoisotopic (exact) mass is 384 g/mol. The number of nitrogens with one attached hydrogen (secondary N) is 1. The van der Waals surface area contributed by atoms with Gasteiger partial charge in [-0.15, -0.1) is 0 Å². The third kappa shape index (κ3) is 5.64. The van der Waals surface area contributed by atoms with Crippen LogP contribution in [0.5, 0.6) is 0 Å². The number of carboxylic acids is 1. The van der Waals surface area contributed by atoms with Gasteiger partial charge in [0.15, 0.2) is 0 Å². The minimum atomic E-state index is -0.923. The van der Waals surface area contributed by atoms with E-state index < -0.39 is 16.3 Å². The van der Waals surface area contributed by atoms with Crippen LogP contribution in [-0.2, 0) is 21.4 Å². The van der Waals surface area contributed by atoms with Crippen LogP contribution in [-0.4, -0.2) is 27.9 Å². The van der Waals surface area contributed by atoms with E-state index in [0.717, 1.165) is 5.56 Å². The highest BCUT2D eigenvalue weighted by Gasteiger charge is 2.31. The van der Waals surface area contributed by atoms with Crippen LogP contribution in [0.25, 0.3) is 0 Å². The fraction of sp³-hybridized carbons (Fsp3) is 0.333. The summed E-state index contributed by atoms with van der Waals surface area (Å²) in [6, 6.07) is 15.1. The molecule has 148 valence electrons. The second-order valence-electron chi connectivity index (χ2n) is 7.22. The van der Waals surface area contributed by atoms with E-state index in [2.05, 4.69) is 5.32 Å². The highest BCUT2D eigenvalue weighted by Crippen LogP contribution is 2.26. The van der Waals surface area contributed by atoms with Crippen molar-refractivity contribution in [1.29, 1.82) is 0 Å². The molecule has 2 aromatic carbocycles. The third-order valence-electron chi connectivity index (χ3n) is 4.73. The van der Waals surface area contributed by atoms with Gasteiger partial charge < -0.3 is 10.4 Å². The Morgan fingerprint density at radius 3 is 2.25 bits per heavy atom. The first-order chi connectivity index (χ1) is 13.2. The number of aliphatic carboxylic acids is 1. The molecular weight excluding hydrogens is 360 g/mol. The molecule has 0 aliphatic rings. The van der Waals surface area contributed by atoms with Crippen LogP contribution in [0.3, 0.4) is 0 Å². The lowest BCUT2D eigenvalue weighted by Crippen LogP contribution is -2.46. The molecule has 0 saturated carbocycles. The van der Waals surface area contributed by atoms with Gasteiger partial charge in [0.25, 0.3) is 5.69 Å². The van der Waals surface area contributed by atoms with Gasteiger partial charge in [-0.05, 0) is 37.8 Å². The van der Waals surface area contributed by atoms with E-state index in [1.165, 1.54) is 12.1 Å². The molecule has 0 bridgehead atoms. The number of rotatable bonds is 9. The lowest BCUT2D eigenvalue weighted by atomic mass is 9.83. The molecule has 1 amide bonds. The maximum absolute atomic E-state index is 12.9. The molecule has 0 aromatic heterocycles. The van der Waals surface area contributed by atoms with E-state index in [-0.39, 0.29) is 24.1 Å². The normalized spacial score (nSPS) is 12.2. The van der Waals surface area contributed by atoms with Crippen LogP contribution in [0.2, 0.25) is 0 Å². The van der Waals surface area contributed by atoms with Crippen LogP contribution < -0.4 is 5.32 Å². The molecule has 0 aliphatic carbocycles. The molecule has 0 fully saturated rings. The third-order valence-corrected chi connectivity index (χ3v) is 4.73. The van der Waals surface area contributed by atoms with Crippen molar-refractivity contribution in [3.8, 4) is 0 Å². The van der Waals surface area contributed by atoms with Crippen LogP contribution in [0.15, 0.2) is 54.6 Å². The summed E-state index contributed by atoms with van der Waals surface area (Å²) in [5.74, 6) is -1.17. The summed E-state index contributed by atoms with van der Waals surface area (Å²) in [4.78, 5) is 34.2. The van der Waals surface area contributed by atoms with Gasteiger partial charge in [-0.3, -0.25) is 19.7 Å². The van der Waals surface area contributed by atoms with Crippen molar-refractivity contribution in [1.82, 2.24) is 5.32 Å². The standard InChI is InChI=1S/C21H24N2O5/c1-21(2,16-8-11-18(12-9-16)23(27)28)20(26)22-17(10-13-19(24)25)14-15-6-4-3-5-7-15/h3-9,11-12,17H,10,13-14H2,1-2H3,(H,22,26)(H,24,25). The Morgan fingerprint density at radius 2 is 1.71 bits per heavy atom. The summed E-state index contributed by atoms with van der Waals surface area (Å²) in [5, 5.41) is 22.8. The zero-order valence-corrected chi connectivity index (χ0v) is 15.9. The summed E-state index contributed by atoms with van der Waals surface area (Å²) < 4.78 is 0. The lowest BCUT2D eigenvalue weighted by Gasteiger charge is -2.28. The largest absolute Gasteiger partial charge is 0.481 e. The number of carbonyl (C=O) groups is 2. The second-order valence-corrected chi connectivity index (χ2v) is 7.22. The van der Waals surface area contributed by atoms with Crippen molar-refractivity contribution >= 4 is 17.6 Å². The van der Waals surface area contributed by atoms with Crippen molar-refractivity contribution in [3.63, 3.8) is 0 Å². The first-order valence-corrected chi connectivity index (χ1v) is 9.01. The maximum atomic E-state index is 12.9. The molecular formula is C21H24N2O5. The van der Waals surface area contributed by atoms with Crippen LogP contribution in [0, 0.1) is 10.1 Å². The fourth-order valence-corrected chi connectivity index (χ4v) is 2.92. The Morgan fingerprint density at radius 1 is 1.11 bits per heavy atom. The first-order valence-electron chi connectivity index (χ1n) is 9.01. The minimum Gasteiger partial charge on any atom is -0.481 e. The van der Waals surface area contributed by atoms with Crippen molar-refractivity contribution in [2.45, 2.75) is 44.6 Å². The van der Waals surface area contributed by atoms with Gasteiger partial charge in [0.1, 0.15) is 0 Å². The molecule has 2 rings (SSSR count). The van der Waals surface area contributed by atoms with Gasteiger partial charge >= 0.3 is 5.97 Å². The average Bonchev–Trinajstić information content (AvgIpc) is 2.66. The second kappa shape index (κ2) is 9.12. The van der Waals surface area contributed by atoms with Gasteiger partial charge in [0.05, 0.1) is 10.3 Å². The molecule has 7 heteroatoms. The molecule has 0 saturated heterocycles. The number of carbonyl (C=O) groups excluding carboxylic acids is 1. The molecule has 7 nitrogen and oxygen atoms in total. The van der Waals surface area contributed by atoms with Crippen molar-refractivity contribution < 1.29 is 19.6 Å². The molecule has 0 radical (unpaired) electrons. The molecule has 2 N–H and O–H groups in total. The van der Waals surface area contributed by atoms with E-state index in [0.29, 0.717) is 18.4 Å². The number of benzene rings is 2. The Kier molecular flexibility index (Phi) is 6.87. The Hall–Kier alpha value is -3.22. The Balaban J connectivity index is 2.15. The zero-order chi connectivity index (χ0) is 20.7. The predicted molar refractivity (Wildman–Crippen MR) is 105 cm³/mol. The van der Waals surface area contributed by atoms with Gasteiger partial charge in [-0.2, -0.15) is 0 Å². The minimum absolute atomic E-state index is 0.0385. The number of nitro groups is 1. The highest BCUT2D eigenvalue weighted by atomic mass is 16.6. The van der Waals surface area contributed by atoms with Crippen LogP contribution in [0.4, 0.5) is 5.69 Å². The SMILES string of the molecule is CC(C)(C(=O)NC(CCC(=O)O)Cc1ccccc1)c1ccc([N+](=O)[O-])cc1. The number of hydrogen-bond donors (Lipinski definition) is 2. The molecule has 0 aliphatic heterocycles. The molecule has 1 unspecified atom stereocenters. The van der Waals surface area contributed by atoms with E-state index in [4.69, 9.17) is 5.11 Å². The van der Waals surface area contributed by atoms with Gasteiger partial charge in [-0.25, -0.2) is 0 Å². The smallest absolute Gasteiger partial charge is 0.303 e. The highest BCUT2D eigenvalue weighted by molar-refractivity contribution is 5.87. The number of nitro benzene ring substituents is 1. The molecule has 0 spiro atoms. The van der Waals surface area contributed by atoms with Gasteiger partial charge in [0.2, 0.25) is 5.91 Å². The molecule has 2 aromatic rings. The zero-order valence-electron chi connectivity index (χ0n) is 15.9. The average molecular weight is 384 g/mol. The summed E-state index contributed by atoms with van der Waals surface area (Å²) in [7, 11) is 0. The van der Waals surface area contributed by atoms with Crippen molar-refractivity contribution in [3.05, 3.63) is 75.8 Å². The van der Waals surface area contributed by atoms with Crippen LogP contribution in [0.1, 0.15) is 37.8 Å². The van der Waals surface area contributed by atoms with Gasteiger partial charge in [0, 0.05) is 24.6 Å². The Bertz CT molecular complexity index is 832. The molecule has 1 atom stereocenters. The van der Waals surface area contributed by atoms with Gasteiger partial charge in [-0.1, -0.05) is 42.5 Å². The quantitative estimate of drug-likeness (QED) is 0.508. The maximum Gasteiger partial charge on any atom is 0.303 e.